The van der Waals surface area contributed by atoms with Crippen molar-refractivity contribution in [2.24, 2.45) is 0 Å². The largest absolute Gasteiger partial charge is 0.417 e. The molecule has 0 atom stereocenters. The van der Waals surface area contributed by atoms with E-state index >= 15 is 0 Å². The van der Waals surface area contributed by atoms with E-state index in [2.05, 4.69) is 25.5 Å². The molecular weight excluding hydrogens is 407 g/mol. The van der Waals surface area contributed by atoms with Crippen LogP contribution in [0.3, 0.4) is 0 Å². The molecule has 1 aliphatic rings. The summed E-state index contributed by atoms with van der Waals surface area (Å²) >= 11 is 5.59. The van der Waals surface area contributed by atoms with Crippen LogP contribution in [0, 0.1) is 6.92 Å². The molecule has 0 spiro atoms. The minimum atomic E-state index is -4.60. The van der Waals surface area contributed by atoms with E-state index in [1.165, 1.54) is 12.5 Å². The maximum atomic E-state index is 12.9. The van der Waals surface area contributed by atoms with Crippen molar-refractivity contribution in [1.29, 1.82) is 0 Å². The minimum absolute atomic E-state index is 0.00732. The number of carbonyl (C=O) groups is 1. The number of benzene rings is 1. The molecule has 0 aliphatic carbocycles. The van der Waals surface area contributed by atoms with E-state index < -0.39 is 22.8 Å². The van der Waals surface area contributed by atoms with Crippen LogP contribution in [0.25, 0.3) is 0 Å². The molecule has 156 valence electrons. The zero-order valence-electron chi connectivity index (χ0n) is 15.8. The highest BCUT2D eigenvalue weighted by molar-refractivity contribution is 6.31. The monoisotopic (exact) mass is 427 g/mol. The molecule has 6 nitrogen and oxygen atoms in total. The Morgan fingerprint density at radius 2 is 1.90 bits per heavy atom. The van der Waals surface area contributed by atoms with Gasteiger partial charge in [0, 0.05) is 24.5 Å². The van der Waals surface area contributed by atoms with E-state index in [-0.39, 0.29) is 12.2 Å². The normalized spacial score (nSPS) is 14.6. The number of carbonyl (C=O) groups excluding carboxylic acids is 1. The third-order valence-corrected chi connectivity index (χ3v) is 4.82. The fraction of sp³-hybridized carbons (Fsp3) is 0.421. The van der Waals surface area contributed by atoms with Crippen molar-refractivity contribution in [1.82, 2.24) is 15.3 Å². The van der Waals surface area contributed by atoms with Gasteiger partial charge in [0.2, 0.25) is 5.95 Å². The highest BCUT2D eigenvalue weighted by atomic mass is 35.5. The minimum Gasteiger partial charge on any atom is -0.341 e. The topological polar surface area (TPSA) is 70.2 Å². The van der Waals surface area contributed by atoms with Crippen LogP contribution in [-0.2, 0) is 12.7 Å². The van der Waals surface area contributed by atoms with Gasteiger partial charge in [0.15, 0.2) is 0 Å². The highest BCUT2D eigenvalue weighted by Crippen LogP contribution is 2.36. The summed E-state index contributed by atoms with van der Waals surface area (Å²) in [4.78, 5) is 23.2. The summed E-state index contributed by atoms with van der Waals surface area (Å²) in [6.45, 7) is 3.77. The summed E-state index contributed by atoms with van der Waals surface area (Å²) in [5.74, 6) is 0.634. The molecule has 1 aromatic heterocycles. The molecule has 2 aromatic rings. The van der Waals surface area contributed by atoms with E-state index in [1.54, 1.807) is 6.07 Å². The van der Waals surface area contributed by atoms with Crippen molar-refractivity contribution in [3.63, 3.8) is 0 Å². The molecule has 0 bridgehead atoms. The molecular formula is C19H21ClF3N5O. The second-order valence-electron chi connectivity index (χ2n) is 6.85. The average Bonchev–Trinajstić information content (AvgIpc) is 2.67. The Bertz CT molecular complexity index is 885. The number of hydrogen-bond acceptors (Lipinski definition) is 4. The molecule has 1 fully saturated rings. The molecule has 10 heteroatoms. The number of alkyl halides is 3. The number of urea groups is 1. The average molecular weight is 428 g/mol. The van der Waals surface area contributed by atoms with Crippen molar-refractivity contribution in [2.45, 2.75) is 38.9 Å². The molecule has 0 saturated carbocycles. The van der Waals surface area contributed by atoms with Crippen LogP contribution in [0.1, 0.15) is 36.2 Å². The number of anilines is 2. The molecule has 2 amide bonds. The van der Waals surface area contributed by atoms with Gasteiger partial charge in [-0.15, -0.1) is 0 Å². The fourth-order valence-electron chi connectivity index (χ4n) is 3.11. The molecule has 1 saturated heterocycles. The summed E-state index contributed by atoms with van der Waals surface area (Å²) in [7, 11) is 0. The lowest BCUT2D eigenvalue weighted by Gasteiger charge is -2.27. The third kappa shape index (κ3) is 5.72. The third-order valence-electron chi connectivity index (χ3n) is 4.49. The van der Waals surface area contributed by atoms with Gasteiger partial charge in [0.1, 0.15) is 0 Å². The Balaban J connectivity index is 1.63. The van der Waals surface area contributed by atoms with Crippen LogP contribution in [0.15, 0.2) is 24.3 Å². The number of nitrogens with zero attached hydrogens (tertiary/aromatic N) is 3. The number of aryl methyl sites for hydroxylation is 1. The van der Waals surface area contributed by atoms with Crippen molar-refractivity contribution in [3.05, 3.63) is 46.2 Å². The summed E-state index contributed by atoms with van der Waals surface area (Å²) in [6, 6.07) is 4.32. The summed E-state index contributed by atoms with van der Waals surface area (Å²) in [5.41, 5.74) is 0.396. The van der Waals surface area contributed by atoms with E-state index in [9.17, 15) is 18.0 Å². The van der Waals surface area contributed by atoms with E-state index in [0.717, 1.165) is 43.8 Å². The van der Waals surface area contributed by atoms with Crippen molar-refractivity contribution in [3.8, 4) is 0 Å². The molecule has 2 heterocycles. The smallest absolute Gasteiger partial charge is 0.341 e. The lowest BCUT2D eigenvalue weighted by Crippen LogP contribution is -2.32. The van der Waals surface area contributed by atoms with E-state index in [4.69, 9.17) is 11.6 Å². The van der Waals surface area contributed by atoms with Gasteiger partial charge in [-0.1, -0.05) is 11.6 Å². The second kappa shape index (κ2) is 8.86. The van der Waals surface area contributed by atoms with Crippen LogP contribution >= 0.6 is 11.6 Å². The first-order chi connectivity index (χ1) is 13.7. The van der Waals surface area contributed by atoms with Crippen LogP contribution in [0.5, 0.6) is 0 Å². The van der Waals surface area contributed by atoms with Crippen LogP contribution in [0.2, 0.25) is 5.02 Å². The van der Waals surface area contributed by atoms with Gasteiger partial charge in [0.25, 0.3) is 0 Å². The number of aromatic nitrogens is 2. The van der Waals surface area contributed by atoms with Gasteiger partial charge in [-0.3, -0.25) is 0 Å². The van der Waals surface area contributed by atoms with Crippen molar-refractivity contribution < 1.29 is 18.0 Å². The van der Waals surface area contributed by atoms with Crippen LogP contribution in [0.4, 0.5) is 29.6 Å². The van der Waals surface area contributed by atoms with E-state index in [1.807, 2.05) is 6.92 Å². The zero-order chi connectivity index (χ0) is 21.0. The summed E-state index contributed by atoms with van der Waals surface area (Å²) in [5, 5.41) is 4.56. The number of piperidine rings is 1. The molecule has 1 aliphatic heterocycles. The van der Waals surface area contributed by atoms with Gasteiger partial charge in [-0.25, -0.2) is 14.8 Å². The predicted octanol–water partition coefficient (Wildman–Crippen LogP) is 4.77. The molecule has 1 aromatic carbocycles. The second-order valence-corrected chi connectivity index (χ2v) is 7.26. The van der Waals surface area contributed by atoms with Crippen molar-refractivity contribution in [2.75, 3.05) is 23.3 Å². The maximum absolute atomic E-state index is 12.9. The number of nitrogens with one attached hydrogen (secondary N) is 2. The first-order valence-electron chi connectivity index (χ1n) is 9.23. The first-order valence-corrected chi connectivity index (χ1v) is 9.61. The van der Waals surface area contributed by atoms with Gasteiger partial charge >= 0.3 is 12.2 Å². The van der Waals surface area contributed by atoms with Gasteiger partial charge in [0.05, 0.1) is 22.8 Å². The number of hydrogen-bond donors (Lipinski definition) is 2. The highest BCUT2D eigenvalue weighted by Gasteiger charge is 2.33. The Morgan fingerprint density at radius 1 is 1.17 bits per heavy atom. The zero-order valence-corrected chi connectivity index (χ0v) is 16.6. The van der Waals surface area contributed by atoms with Crippen LogP contribution in [-0.4, -0.2) is 29.1 Å². The van der Waals surface area contributed by atoms with Gasteiger partial charge in [-0.2, -0.15) is 13.2 Å². The standard InChI is InChI=1S/C19H21ClF3N5O/c1-12-9-14(26-17(25-12)28-7-3-2-4-8-28)11-24-18(29)27-13-5-6-16(20)15(10-13)19(21,22)23/h5-6,9-10H,2-4,7-8,11H2,1H3,(H2,24,27,29). The number of halogens is 4. The fourth-order valence-corrected chi connectivity index (χ4v) is 3.33. The lowest BCUT2D eigenvalue weighted by molar-refractivity contribution is -0.137. The SMILES string of the molecule is Cc1cc(CNC(=O)Nc2ccc(Cl)c(C(F)(F)F)c2)nc(N2CCCCC2)n1. The van der Waals surface area contributed by atoms with E-state index in [0.29, 0.717) is 11.6 Å². The Labute approximate surface area is 171 Å². The summed E-state index contributed by atoms with van der Waals surface area (Å²) in [6.07, 6.45) is -1.23. The molecule has 0 unspecified atom stereocenters. The first kappa shape index (κ1) is 21.2. The Kier molecular flexibility index (Phi) is 6.46. The van der Waals surface area contributed by atoms with Gasteiger partial charge in [-0.05, 0) is 50.5 Å². The maximum Gasteiger partial charge on any atom is 0.417 e. The van der Waals surface area contributed by atoms with Crippen molar-refractivity contribution >= 4 is 29.3 Å². The molecule has 2 N–H and O–H groups in total. The Hall–Kier alpha value is -2.55. The molecule has 29 heavy (non-hydrogen) atoms. The van der Waals surface area contributed by atoms with Crippen LogP contribution < -0.4 is 15.5 Å². The molecule has 3 rings (SSSR count). The lowest BCUT2D eigenvalue weighted by atomic mass is 10.1. The number of rotatable bonds is 4. The summed E-state index contributed by atoms with van der Waals surface area (Å²) < 4.78 is 38.8. The van der Waals surface area contributed by atoms with Gasteiger partial charge < -0.3 is 15.5 Å². The predicted molar refractivity (Wildman–Crippen MR) is 105 cm³/mol. The molecule has 0 radical (unpaired) electrons. The quantitative estimate of drug-likeness (QED) is 0.737. The Morgan fingerprint density at radius 3 is 2.59 bits per heavy atom. The number of amides is 2.